The van der Waals surface area contributed by atoms with Crippen LogP contribution in [0.25, 0.3) is 0 Å². The predicted octanol–water partition coefficient (Wildman–Crippen LogP) is 2.33. The number of nitrogens with zero attached hydrogens (tertiary/aromatic N) is 4. The van der Waals surface area contributed by atoms with Gasteiger partial charge in [-0.3, -0.25) is 0 Å². The molecular weight excluding hydrogens is 326 g/mol. The minimum Gasteiger partial charge on any atom is -0.325 e. The molecule has 3 rings (SSSR count). The zero-order chi connectivity index (χ0) is 17.3. The molecule has 2 aromatic rings. The summed E-state index contributed by atoms with van der Waals surface area (Å²) in [6, 6.07) is 5.42. The molecule has 0 amide bonds. The molecule has 1 atom stereocenters. The number of aryl methyl sites for hydroxylation is 2. The van der Waals surface area contributed by atoms with Gasteiger partial charge in [0.15, 0.2) is 0 Å². The summed E-state index contributed by atoms with van der Waals surface area (Å²) in [4.78, 5) is 13.2. The quantitative estimate of drug-likeness (QED) is 0.913. The summed E-state index contributed by atoms with van der Waals surface area (Å²) >= 11 is 0. The fraction of sp³-hybridized carbons (Fsp3) is 0.438. The Bertz CT molecular complexity index is 853. The van der Waals surface area contributed by atoms with Gasteiger partial charge in [-0.2, -0.15) is 4.31 Å². The highest BCUT2D eigenvalue weighted by Crippen LogP contribution is 2.33. The number of hydrogen-bond acceptors (Lipinski definition) is 6. The fourth-order valence-electron chi connectivity index (χ4n) is 3.00. The standard InChI is InChI=1S/C16H21N5O2S/c1-11-6-4-8-17-16(11)20-15-10-13(18-12(2)19-15)14-7-5-9-21(14)24(3,22)23/h4,6,8,10,14H,5,7,9H2,1-3H3,(H,17,18,19,20)/t14-/m0/s1. The monoisotopic (exact) mass is 347 g/mol. The zero-order valence-corrected chi connectivity index (χ0v) is 14.8. The highest BCUT2D eigenvalue weighted by Gasteiger charge is 2.33. The first-order valence-corrected chi connectivity index (χ1v) is 9.70. The van der Waals surface area contributed by atoms with Crippen LogP contribution < -0.4 is 5.32 Å². The summed E-state index contributed by atoms with van der Waals surface area (Å²) in [5.74, 6) is 1.96. The van der Waals surface area contributed by atoms with Crippen molar-refractivity contribution in [2.24, 2.45) is 0 Å². The molecule has 1 aliphatic rings. The van der Waals surface area contributed by atoms with Crippen LogP contribution in [0.1, 0.15) is 36.0 Å². The van der Waals surface area contributed by atoms with E-state index in [0.717, 1.165) is 29.9 Å². The second-order valence-corrected chi connectivity index (χ2v) is 7.99. The summed E-state index contributed by atoms with van der Waals surface area (Å²) < 4.78 is 25.5. The van der Waals surface area contributed by atoms with Crippen LogP contribution in [0.4, 0.5) is 11.6 Å². The molecule has 0 radical (unpaired) electrons. The van der Waals surface area contributed by atoms with Crippen molar-refractivity contribution in [3.63, 3.8) is 0 Å². The molecule has 24 heavy (non-hydrogen) atoms. The van der Waals surface area contributed by atoms with Crippen LogP contribution in [0.5, 0.6) is 0 Å². The van der Waals surface area contributed by atoms with Crippen LogP contribution in [-0.2, 0) is 10.0 Å². The van der Waals surface area contributed by atoms with Gasteiger partial charge >= 0.3 is 0 Å². The number of pyridine rings is 1. The van der Waals surface area contributed by atoms with Crippen molar-refractivity contribution in [1.29, 1.82) is 0 Å². The molecule has 7 nitrogen and oxygen atoms in total. The molecule has 0 aromatic carbocycles. The maximum Gasteiger partial charge on any atom is 0.211 e. The van der Waals surface area contributed by atoms with E-state index >= 15 is 0 Å². The second kappa shape index (κ2) is 6.45. The molecule has 2 aromatic heterocycles. The third-order valence-electron chi connectivity index (χ3n) is 4.08. The molecule has 0 unspecified atom stereocenters. The Morgan fingerprint density at radius 3 is 2.79 bits per heavy atom. The maximum absolute atomic E-state index is 12.0. The van der Waals surface area contributed by atoms with Gasteiger partial charge in [-0.1, -0.05) is 6.07 Å². The molecule has 0 aliphatic carbocycles. The van der Waals surface area contributed by atoms with Gasteiger partial charge in [-0.25, -0.2) is 23.4 Å². The summed E-state index contributed by atoms with van der Waals surface area (Å²) in [5, 5.41) is 3.20. The first kappa shape index (κ1) is 16.8. The first-order chi connectivity index (χ1) is 11.3. The van der Waals surface area contributed by atoms with E-state index in [-0.39, 0.29) is 6.04 Å². The van der Waals surface area contributed by atoms with Crippen molar-refractivity contribution < 1.29 is 8.42 Å². The smallest absolute Gasteiger partial charge is 0.211 e. The van der Waals surface area contributed by atoms with Gasteiger partial charge in [0.05, 0.1) is 18.0 Å². The Morgan fingerprint density at radius 1 is 1.29 bits per heavy atom. The van der Waals surface area contributed by atoms with Gasteiger partial charge in [0.1, 0.15) is 17.5 Å². The number of nitrogens with one attached hydrogen (secondary N) is 1. The lowest BCUT2D eigenvalue weighted by Crippen LogP contribution is -2.30. The minimum atomic E-state index is -3.25. The van der Waals surface area contributed by atoms with E-state index < -0.39 is 10.0 Å². The molecule has 0 saturated carbocycles. The lowest BCUT2D eigenvalue weighted by atomic mass is 10.1. The average Bonchev–Trinajstić information content (AvgIpc) is 2.99. The lowest BCUT2D eigenvalue weighted by molar-refractivity contribution is 0.393. The zero-order valence-electron chi connectivity index (χ0n) is 14.0. The van der Waals surface area contributed by atoms with Crippen LogP contribution in [-0.4, -0.2) is 40.5 Å². The summed E-state index contributed by atoms with van der Waals surface area (Å²) in [6.07, 6.45) is 4.57. The minimum absolute atomic E-state index is 0.230. The highest BCUT2D eigenvalue weighted by atomic mass is 32.2. The van der Waals surface area contributed by atoms with Crippen LogP contribution in [0.3, 0.4) is 0 Å². The van der Waals surface area contributed by atoms with E-state index in [0.29, 0.717) is 18.2 Å². The van der Waals surface area contributed by atoms with Crippen LogP contribution in [0.2, 0.25) is 0 Å². The van der Waals surface area contributed by atoms with Crippen molar-refractivity contribution in [2.75, 3.05) is 18.1 Å². The number of anilines is 2. The highest BCUT2D eigenvalue weighted by molar-refractivity contribution is 7.88. The normalized spacial score (nSPS) is 18.7. The SMILES string of the molecule is Cc1nc(Nc2ncccc2C)cc([C@@H]2CCCN2S(C)(=O)=O)n1. The topological polar surface area (TPSA) is 88.1 Å². The Labute approximate surface area is 142 Å². The molecule has 0 spiro atoms. The predicted molar refractivity (Wildman–Crippen MR) is 92.6 cm³/mol. The van der Waals surface area contributed by atoms with E-state index in [1.54, 1.807) is 13.1 Å². The molecular formula is C16H21N5O2S. The molecule has 8 heteroatoms. The Hall–Kier alpha value is -2.06. The van der Waals surface area contributed by atoms with Gasteiger partial charge in [0, 0.05) is 18.8 Å². The third kappa shape index (κ3) is 3.54. The molecule has 1 N–H and O–H groups in total. The van der Waals surface area contributed by atoms with Crippen molar-refractivity contribution in [3.05, 3.63) is 41.5 Å². The molecule has 1 fully saturated rings. The third-order valence-corrected chi connectivity index (χ3v) is 5.37. The number of aromatic nitrogens is 3. The van der Waals surface area contributed by atoms with E-state index in [9.17, 15) is 8.42 Å². The van der Waals surface area contributed by atoms with E-state index in [4.69, 9.17) is 0 Å². The van der Waals surface area contributed by atoms with Gasteiger partial charge in [0.2, 0.25) is 10.0 Å². The maximum atomic E-state index is 12.0. The van der Waals surface area contributed by atoms with Crippen molar-refractivity contribution in [3.8, 4) is 0 Å². The first-order valence-electron chi connectivity index (χ1n) is 7.85. The van der Waals surface area contributed by atoms with E-state index in [1.807, 2.05) is 25.1 Å². The van der Waals surface area contributed by atoms with E-state index in [1.165, 1.54) is 10.6 Å². The summed E-state index contributed by atoms with van der Waals surface area (Å²) in [5.41, 5.74) is 1.73. The van der Waals surface area contributed by atoms with Gasteiger partial charge < -0.3 is 5.32 Å². The van der Waals surface area contributed by atoms with Crippen molar-refractivity contribution >= 4 is 21.7 Å². The second-order valence-electron chi connectivity index (χ2n) is 6.05. The molecule has 3 heterocycles. The van der Waals surface area contributed by atoms with Gasteiger partial charge in [-0.15, -0.1) is 0 Å². The van der Waals surface area contributed by atoms with Gasteiger partial charge in [0.25, 0.3) is 0 Å². The van der Waals surface area contributed by atoms with Crippen molar-refractivity contribution in [2.45, 2.75) is 32.7 Å². The average molecular weight is 347 g/mol. The molecule has 128 valence electrons. The van der Waals surface area contributed by atoms with Crippen molar-refractivity contribution in [1.82, 2.24) is 19.3 Å². The number of rotatable bonds is 4. The fourth-order valence-corrected chi connectivity index (χ4v) is 4.13. The van der Waals surface area contributed by atoms with Gasteiger partial charge in [-0.05, 0) is 38.3 Å². The lowest BCUT2D eigenvalue weighted by Gasteiger charge is -2.22. The molecule has 1 saturated heterocycles. The largest absolute Gasteiger partial charge is 0.325 e. The Balaban J connectivity index is 1.93. The number of sulfonamides is 1. The van der Waals surface area contributed by atoms with Crippen LogP contribution in [0, 0.1) is 13.8 Å². The van der Waals surface area contributed by atoms with Crippen LogP contribution >= 0.6 is 0 Å². The Kier molecular flexibility index (Phi) is 4.51. The molecule has 0 bridgehead atoms. The molecule has 1 aliphatic heterocycles. The Morgan fingerprint density at radius 2 is 2.08 bits per heavy atom. The number of hydrogen-bond donors (Lipinski definition) is 1. The summed E-state index contributed by atoms with van der Waals surface area (Å²) in [7, 11) is -3.25. The van der Waals surface area contributed by atoms with E-state index in [2.05, 4.69) is 20.3 Å². The summed E-state index contributed by atoms with van der Waals surface area (Å²) in [6.45, 7) is 4.31. The van der Waals surface area contributed by atoms with Crippen LogP contribution in [0.15, 0.2) is 24.4 Å².